The minimum absolute atomic E-state index is 0.480. The van der Waals surface area contributed by atoms with Gasteiger partial charge in [0.2, 0.25) is 0 Å². The van der Waals surface area contributed by atoms with Crippen LogP contribution in [-0.4, -0.2) is 22.0 Å². The second-order valence-electron chi connectivity index (χ2n) is 5.32. The Balaban J connectivity index is 1.61. The molecule has 2 unspecified atom stereocenters. The van der Waals surface area contributed by atoms with Crippen molar-refractivity contribution in [3.8, 4) is 0 Å². The number of hydrogen-bond donors (Lipinski definition) is 0. The highest BCUT2D eigenvalue weighted by Gasteiger charge is 2.54. The Morgan fingerprint density at radius 1 is 1.00 bits per heavy atom. The van der Waals surface area contributed by atoms with Gasteiger partial charge in [0.25, 0.3) is 0 Å². The summed E-state index contributed by atoms with van der Waals surface area (Å²) in [6.45, 7) is 0. The molecule has 1 aromatic rings. The van der Waals surface area contributed by atoms with E-state index in [-0.39, 0.29) is 0 Å². The van der Waals surface area contributed by atoms with Gasteiger partial charge in [-0.3, -0.25) is 0 Å². The van der Waals surface area contributed by atoms with Crippen molar-refractivity contribution in [1.82, 2.24) is 0 Å². The molecule has 0 spiro atoms. The van der Waals surface area contributed by atoms with E-state index < -0.39 is 0 Å². The van der Waals surface area contributed by atoms with Crippen LogP contribution in [0.4, 0.5) is 0 Å². The van der Waals surface area contributed by atoms with Crippen LogP contribution in [0, 0.1) is 5.41 Å². The maximum Gasteiger partial charge on any atom is 0.0243 e. The summed E-state index contributed by atoms with van der Waals surface area (Å²) in [4.78, 5) is 0. The normalized spacial score (nSPS) is 37.2. The highest BCUT2D eigenvalue weighted by Crippen LogP contribution is 2.60. The Labute approximate surface area is 117 Å². The molecular formula is C16H16S2. The van der Waals surface area contributed by atoms with Gasteiger partial charge in [-0.25, -0.2) is 0 Å². The number of hydrogen-bond acceptors (Lipinski definition) is 2. The van der Waals surface area contributed by atoms with Crippen LogP contribution in [0.3, 0.4) is 0 Å². The Morgan fingerprint density at radius 2 is 1.67 bits per heavy atom. The maximum atomic E-state index is 2.53. The van der Waals surface area contributed by atoms with E-state index in [0.717, 1.165) is 10.5 Å². The summed E-state index contributed by atoms with van der Waals surface area (Å²) in [6.07, 6.45) is 8.61. The molecule has 2 heteroatoms. The molecule has 2 aliphatic heterocycles. The van der Waals surface area contributed by atoms with E-state index >= 15 is 0 Å². The molecule has 1 aliphatic carbocycles. The van der Waals surface area contributed by atoms with Crippen molar-refractivity contribution in [2.45, 2.75) is 16.9 Å². The lowest BCUT2D eigenvalue weighted by molar-refractivity contribution is 0.421. The van der Waals surface area contributed by atoms with Gasteiger partial charge in [0, 0.05) is 27.4 Å². The van der Waals surface area contributed by atoms with Gasteiger partial charge >= 0.3 is 0 Å². The molecule has 4 rings (SSSR count). The van der Waals surface area contributed by atoms with E-state index in [1.165, 1.54) is 29.1 Å². The molecule has 0 nitrogen and oxygen atoms in total. The Kier molecular flexibility index (Phi) is 2.63. The smallest absolute Gasteiger partial charge is 0.0243 e. The van der Waals surface area contributed by atoms with Crippen LogP contribution in [-0.2, 0) is 0 Å². The van der Waals surface area contributed by atoms with Crippen molar-refractivity contribution in [1.29, 1.82) is 0 Å². The van der Waals surface area contributed by atoms with E-state index in [4.69, 9.17) is 0 Å². The molecule has 0 radical (unpaired) electrons. The molecule has 18 heavy (non-hydrogen) atoms. The lowest BCUT2D eigenvalue weighted by atomic mass is 9.75. The Bertz CT molecular complexity index is 495. The summed E-state index contributed by atoms with van der Waals surface area (Å²) >= 11 is 4.29. The molecule has 92 valence electrons. The summed E-state index contributed by atoms with van der Waals surface area (Å²) < 4.78 is 0. The Hall–Kier alpha value is -0.600. The van der Waals surface area contributed by atoms with Crippen molar-refractivity contribution < 1.29 is 0 Å². The Morgan fingerprint density at radius 3 is 2.17 bits per heavy atom. The second kappa shape index (κ2) is 4.21. The first-order valence-corrected chi connectivity index (χ1v) is 8.66. The van der Waals surface area contributed by atoms with E-state index in [0.29, 0.717) is 5.41 Å². The average molecular weight is 272 g/mol. The fraction of sp³-hybridized carbons (Fsp3) is 0.375. The van der Waals surface area contributed by atoms with Crippen molar-refractivity contribution in [3.63, 3.8) is 0 Å². The average Bonchev–Trinajstić information content (AvgIpc) is 3.32. The molecule has 3 aliphatic rings. The van der Waals surface area contributed by atoms with Crippen LogP contribution in [0.2, 0.25) is 0 Å². The van der Waals surface area contributed by atoms with Crippen molar-refractivity contribution in [2.24, 2.45) is 5.41 Å². The first-order chi connectivity index (χ1) is 8.88. The highest BCUT2D eigenvalue weighted by molar-refractivity contribution is 8.08. The second-order valence-corrected chi connectivity index (χ2v) is 7.79. The molecule has 2 heterocycles. The molecule has 0 N–H and O–H groups in total. The van der Waals surface area contributed by atoms with Crippen molar-refractivity contribution in [3.05, 3.63) is 54.1 Å². The number of thioether (sulfide) groups is 2. The third-order valence-corrected chi connectivity index (χ3v) is 6.43. The molecule has 0 aromatic heterocycles. The molecule has 2 fully saturated rings. The summed E-state index contributed by atoms with van der Waals surface area (Å²) in [5.41, 5.74) is 3.24. The van der Waals surface area contributed by atoms with Gasteiger partial charge in [-0.05, 0) is 17.6 Å². The van der Waals surface area contributed by atoms with Gasteiger partial charge in [0.1, 0.15) is 0 Å². The molecule has 2 atom stereocenters. The van der Waals surface area contributed by atoms with Crippen LogP contribution in [0.5, 0.6) is 0 Å². The molecule has 2 saturated heterocycles. The molecule has 0 amide bonds. The summed E-state index contributed by atoms with van der Waals surface area (Å²) in [6, 6.07) is 10.8. The largest absolute Gasteiger partial charge is 0.156 e. The predicted octanol–water partition coefficient (Wildman–Crippen LogP) is 4.25. The van der Waals surface area contributed by atoms with E-state index in [1.54, 1.807) is 0 Å². The third kappa shape index (κ3) is 1.86. The number of rotatable bonds is 3. The lowest BCUT2D eigenvalue weighted by Gasteiger charge is -2.31. The predicted molar refractivity (Wildman–Crippen MR) is 83.1 cm³/mol. The minimum atomic E-state index is 0.480. The first-order valence-electron chi connectivity index (χ1n) is 6.56. The molecule has 0 saturated carbocycles. The quantitative estimate of drug-likeness (QED) is 0.755. The van der Waals surface area contributed by atoms with Crippen molar-refractivity contribution in [2.75, 3.05) is 11.5 Å². The number of benzene rings is 1. The number of allylic oxidation sites excluding steroid dienone is 4. The van der Waals surface area contributed by atoms with Gasteiger partial charge in [0.05, 0.1) is 0 Å². The maximum absolute atomic E-state index is 2.53. The fourth-order valence-electron chi connectivity index (χ4n) is 2.91. The van der Waals surface area contributed by atoms with Gasteiger partial charge < -0.3 is 0 Å². The van der Waals surface area contributed by atoms with E-state index in [2.05, 4.69) is 72.1 Å². The van der Waals surface area contributed by atoms with Gasteiger partial charge in [0.15, 0.2) is 0 Å². The molecule has 0 bridgehead atoms. The van der Waals surface area contributed by atoms with Crippen LogP contribution < -0.4 is 0 Å². The lowest BCUT2D eigenvalue weighted by Crippen LogP contribution is -2.30. The SMILES string of the molecule is C1=CC(C2CS2)(C2CS2)CC=C1c1ccccc1. The van der Waals surface area contributed by atoms with Crippen LogP contribution in [0.25, 0.3) is 5.57 Å². The van der Waals surface area contributed by atoms with Gasteiger partial charge in [-0.2, -0.15) is 23.5 Å². The monoisotopic (exact) mass is 272 g/mol. The topological polar surface area (TPSA) is 0 Å². The zero-order chi connectivity index (χ0) is 12.0. The highest BCUT2D eigenvalue weighted by atomic mass is 32.2. The van der Waals surface area contributed by atoms with E-state index in [1.807, 2.05) is 0 Å². The van der Waals surface area contributed by atoms with Gasteiger partial charge in [-0.15, -0.1) is 0 Å². The van der Waals surface area contributed by atoms with Crippen LogP contribution >= 0.6 is 23.5 Å². The fourth-order valence-corrected chi connectivity index (χ4v) is 5.11. The minimum Gasteiger partial charge on any atom is -0.156 e. The first kappa shape index (κ1) is 11.2. The zero-order valence-corrected chi connectivity index (χ0v) is 11.8. The molecular weight excluding hydrogens is 256 g/mol. The van der Waals surface area contributed by atoms with Crippen molar-refractivity contribution >= 4 is 29.1 Å². The van der Waals surface area contributed by atoms with Crippen LogP contribution in [0.1, 0.15) is 12.0 Å². The summed E-state index contributed by atoms with van der Waals surface area (Å²) in [5.74, 6) is 2.74. The third-order valence-electron chi connectivity index (χ3n) is 4.22. The van der Waals surface area contributed by atoms with E-state index in [9.17, 15) is 0 Å². The zero-order valence-electron chi connectivity index (χ0n) is 10.2. The van der Waals surface area contributed by atoms with Gasteiger partial charge in [-0.1, -0.05) is 48.6 Å². The summed E-state index contributed by atoms with van der Waals surface area (Å²) in [7, 11) is 0. The molecule has 1 aromatic carbocycles. The summed E-state index contributed by atoms with van der Waals surface area (Å²) in [5, 5.41) is 1.78. The van der Waals surface area contributed by atoms with Crippen LogP contribution in [0.15, 0.2) is 48.6 Å². The standard InChI is InChI=1S/C16H16S2/c1-2-4-12(5-3-1)13-6-8-16(9-7-13,14-10-17-14)15-11-18-15/h1-8,14-15H,9-11H2.